The monoisotopic (exact) mass is 583 g/mol. The second kappa shape index (κ2) is 10.3. The van der Waals surface area contributed by atoms with Gasteiger partial charge in [-0.05, 0) is 43.0 Å². The summed E-state index contributed by atoms with van der Waals surface area (Å²) in [6.07, 6.45) is -4.83. The number of alkyl halides is 3. The first-order chi connectivity index (χ1) is 17.1. The Balaban J connectivity index is 1.60. The molecule has 3 heterocycles. The van der Waals surface area contributed by atoms with Crippen LogP contribution in [0.1, 0.15) is 19.4 Å². The predicted molar refractivity (Wildman–Crippen MR) is 140 cm³/mol. The van der Waals surface area contributed by atoms with E-state index in [0.29, 0.717) is 32.2 Å². The quantitative estimate of drug-likeness (QED) is 0.475. The van der Waals surface area contributed by atoms with Crippen molar-refractivity contribution in [3.63, 3.8) is 0 Å². The molecule has 0 spiro atoms. The number of thiophene rings is 1. The lowest BCUT2D eigenvalue weighted by Gasteiger charge is -2.49. The SMILES string of the molecule is C[C@@H]1CS(O)(O)CCN1C[C@H]1CN(S(=O)(=O)c2cccs2)CCN1c1ccc([C@@](C)(O)C(F)(F)F)cc1. The van der Waals surface area contributed by atoms with Gasteiger partial charge in [-0.2, -0.15) is 28.1 Å². The Morgan fingerprint density at radius 1 is 1.11 bits per heavy atom. The van der Waals surface area contributed by atoms with Gasteiger partial charge in [-0.15, -0.1) is 11.3 Å². The van der Waals surface area contributed by atoms with Crippen LogP contribution < -0.4 is 4.90 Å². The third kappa shape index (κ3) is 5.96. The first-order valence-electron chi connectivity index (χ1n) is 11.8. The lowest BCUT2D eigenvalue weighted by Crippen LogP contribution is -2.60. The minimum absolute atomic E-state index is 0.130. The fourth-order valence-electron chi connectivity index (χ4n) is 4.82. The zero-order valence-electron chi connectivity index (χ0n) is 20.5. The molecule has 0 bridgehead atoms. The third-order valence-electron chi connectivity index (χ3n) is 7.13. The molecule has 37 heavy (non-hydrogen) atoms. The van der Waals surface area contributed by atoms with E-state index in [1.807, 2.05) is 11.8 Å². The van der Waals surface area contributed by atoms with Gasteiger partial charge in [-0.3, -0.25) is 14.0 Å². The molecule has 3 N–H and O–H groups in total. The average molecular weight is 584 g/mol. The van der Waals surface area contributed by atoms with Crippen molar-refractivity contribution in [3.8, 4) is 0 Å². The van der Waals surface area contributed by atoms with E-state index in [1.54, 1.807) is 17.5 Å². The Kier molecular flexibility index (Phi) is 7.97. The van der Waals surface area contributed by atoms with Gasteiger partial charge in [0.2, 0.25) is 0 Å². The first kappa shape index (κ1) is 28.6. The summed E-state index contributed by atoms with van der Waals surface area (Å²) in [4.78, 5) is 4.07. The summed E-state index contributed by atoms with van der Waals surface area (Å²) in [6, 6.07) is 8.29. The van der Waals surface area contributed by atoms with Crippen molar-refractivity contribution in [2.75, 3.05) is 49.1 Å². The number of halogens is 3. The molecule has 208 valence electrons. The summed E-state index contributed by atoms with van der Waals surface area (Å²) >= 11 is 1.14. The van der Waals surface area contributed by atoms with Crippen molar-refractivity contribution in [1.82, 2.24) is 9.21 Å². The maximum absolute atomic E-state index is 13.3. The molecule has 2 aliphatic rings. The predicted octanol–water partition coefficient (Wildman–Crippen LogP) is 3.85. The topological polar surface area (TPSA) is 105 Å². The highest BCUT2D eigenvalue weighted by Gasteiger charge is 2.51. The molecular weight excluding hydrogens is 551 g/mol. The van der Waals surface area contributed by atoms with Crippen LogP contribution in [-0.2, 0) is 15.6 Å². The molecule has 8 nitrogen and oxygen atoms in total. The van der Waals surface area contributed by atoms with Crippen molar-refractivity contribution in [3.05, 3.63) is 47.3 Å². The van der Waals surface area contributed by atoms with Crippen molar-refractivity contribution >= 4 is 37.6 Å². The lowest BCUT2D eigenvalue weighted by atomic mass is 9.95. The minimum Gasteiger partial charge on any atom is -0.376 e. The van der Waals surface area contributed by atoms with E-state index in [-0.39, 0.29) is 46.5 Å². The highest BCUT2D eigenvalue weighted by molar-refractivity contribution is 8.24. The molecule has 0 amide bonds. The summed E-state index contributed by atoms with van der Waals surface area (Å²) in [5.41, 5.74) is -2.66. The fraction of sp³-hybridized carbons (Fsp3) is 0.565. The van der Waals surface area contributed by atoms with Gasteiger partial charge in [0.25, 0.3) is 10.0 Å². The molecule has 0 aliphatic carbocycles. The van der Waals surface area contributed by atoms with Gasteiger partial charge in [0, 0.05) is 44.5 Å². The molecule has 0 saturated carbocycles. The van der Waals surface area contributed by atoms with E-state index in [2.05, 4.69) is 4.90 Å². The lowest BCUT2D eigenvalue weighted by molar-refractivity contribution is -0.258. The maximum atomic E-state index is 13.3. The number of hydrogen-bond acceptors (Lipinski definition) is 8. The number of nitrogens with zero attached hydrogens (tertiary/aromatic N) is 3. The molecule has 4 rings (SSSR count). The zero-order chi connectivity index (χ0) is 27.2. The molecule has 1 aromatic carbocycles. The van der Waals surface area contributed by atoms with E-state index < -0.39 is 32.4 Å². The fourth-order valence-corrected chi connectivity index (χ4v) is 9.11. The molecule has 14 heteroatoms. The van der Waals surface area contributed by atoms with E-state index in [0.717, 1.165) is 11.3 Å². The van der Waals surface area contributed by atoms with Crippen LogP contribution in [0.25, 0.3) is 0 Å². The van der Waals surface area contributed by atoms with Crippen LogP contribution in [0.4, 0.5) is 18.9 Å². The van der Waals surface area contributed by atoms with Crippen LogP contribution in [0.2, 0.25) is 0 Å². The van der Waals surface area contributed by atoms with Crippen molar-refractivity contribution in [1.29, 1.82) is 0 Å². The Morgan fingerprint density at radius 3 is 2.35 bits per heavy atom. The van der Waals surface area contributed by atoms with Crippen molar-refractivity contribution < 1.29 is 35.8 Å². The van der Waals surface area contributed by atoms with Crippen LogP contribution in [0, 0.1) is 0 Å². The van der Waals surface area contributed by atoms with Gasteiger partial charge < -0.3 is 10.0 Å². The maximum Gasteiger partial charge on any atom is 0.421 e. The zero-order valence-corrected chi connectivity index (χ0v) is 23.0. The van der Waals surface area contributed by atoms with Gasteiger partial charge in [0.05, 0.1) is 17.5 Å². The molecule has 2 saturated heterocycles. The third-order valence-corrected chi connectivity index (χ3v) is 12.2. The summed E-state index contributed by atoms with van der Waals surface area (Å²) in [5, 5.41) is 11.7. The molecular formula is C23H32F3N3O5S3. The molecule has 2 fully saturated rings. The van der Waals surface area contributed by atoms with Crippen molar-refractivity contribution in [2.45, 2.75) is 41.9 Å². The Bertz CT molecular complexity index is 1170. The second-order valence-corrected chi connectivity index (χ2v) is 15.2. The van der Waals surface area contributed by atoms with Crippen LogP contribution >= 0.6 is 21.9 Å². The smallest absolute Gasteiger partial charge is 0.376 e. The van der Waals surface area contributed by atoms with Gasteiger partial charge in [0.1, 0.15) is 4.21 Å². The second-order valence-electron chi connectivity index (χ2n) is 9.78. The van der Waals surface area contributed by atoms with E-state index in [1.165, 1.54) is 28.6 Å². The van der Waals surface area contributed by atoms with Gasteiger partial charge in [-0.25, -0.2) is 8.42 Å². The Hall–Kier alpha value is -1.39. The molecule has 3 atom stereocenters. The van der Waals surface area contributed by atoms with Crippen LogP contribution in [-0.4, -0.2) is 94.3 Å². The number of anilines is 1. The van der Waals surface area contributed by atoms with Gasteiger partial charge in [-0.1, -0.05) is 18.2 Å². The molecule has 0 unspecified atom stereocenters. The van der Waals surface area contributed by atoms with Crippen LogP contribution in [0.15, 0.2) is 46.0 Å². The molecule has 2 aliphatic heterocycles. The van der Waals surface area contributed by atoms with Gasteiger partial charge in [0.15, 0.2) is 5.60 Å². The number of aliphatic hydroxyl groups is 1. The molecule has 0 radical (unpaired) electrons. The van der Waals surface area contributed by atoms with E-state index in [4.69, 9.17) is 0 Å². The van der Waals surface area contributed by atoms with Crippen LogP contribution in [0.5, 0.6) is 0 Å². The summed E-state index contributed by atoms with van der Waals surface area (Å²) < 4.78 is 88.3. The number of hydrogen-bond donors (Lipinski definition) is 3. The highest BCUT2D eigenvalue weighted by Crippen LogP contribution is 2.43. The normalized spacial score (nSPS) is 26.5. The summed E-state index contributed by atoms with van der Waals surface area (Å²) in [5.74, 6) is 0.473. The average Bonchev–Trinajstić information content (AvgIpc) is 3.36. The molecule has 1 aromatic heterocycles. The largest absolute Gasteiger partial charge is 0.421 e. The number of benzene rings is 1. The molecule has 2 aromatic rings. The van der Waals surface area contributed by atoms with E-state index in [9.17, 15) is 35.8 Å². The summed E-state index contributed by atoms with van der Waals surface area (Å²) in [7, 11) is -6.34. The number of piperazine rings is 1. The summed E-state index contributed by atoms with van der Waals surface area (Å²) in [6.45, 7) is 4.18. The first-order valence-corrected chi connectivity index (χ1v) is 16.0. The minimum atomic E-state index is -4.83. The standard InChI is InChI=1S/C23H32F3N3O5S3/c1-17-16-36(31,32)13-11-27(17)14-20-15-28(37(33,34)21-4-3-12-35-21)9-10-29(20)19-7-5-18(6-8-19)22(2,30)23(24,25)26/h3-8,12,17,20,30-32H,9-11,13-16H2,1-2H3/t17-,20+,22-/m1/s1. The van der Waals surface area contributed by atoms with Gasteiger partial charge >= 0.3 is 6.18 Å². The number of rotatable bonds is 6. The van der Waals surface area contributed by atoms with Crippen molar-refractivity contribution in [2.24, 2.45) is 0 Å². The Labute approximate surface area is 220 Å². The number of sulfonamides is 1. The van der Waals surface area contributed by atoms with Crippen LogP contribution in [0.3, 0.4) is 0 Å². The highest BCUT2D eigenvalue weighted by atomic mass is 32.3. The Morgan fingerprint density at radius 2 is 1.78 bits per heavy atom. The van der Waals surface area contributed by atoms with E-state index >= 15 is 0 Å².